The van der Waals surface area contributed by atoms with E-state index in [4.69, 9.17) is 105 Å². The fraction of sp³-hybridized carbons (Fsp3) is 0.289. The number of ketones is 1. The van der Waals surface area contributed by atoms with Gasteiger partial charge in [0.05, 0.1) is 96.8 Å². The molecule has 590 valence electrons. The summed E-state index contributed by atoms with van der Waals surface area (Å²) >= 11 is 4.94. The number of aliphatic hydroxyl groups is 4. The van der Waals surface area contributed by atoms with Gasteiger partial charge in [-0.2, -0.15) is 5.26 Å². The Kier molecular flexibility index (Phi) is 60.1. The first-order valence-electron chi connectivity index (χ1n) is 32.1. The number of aliphatic hydroxyl groups excluding tert-OH is 4. The zero-order chi connectivity index (χ0) is 78.3. The third-order valence-corrected chi connectivity index (χ3v) is 14.1. The average molecular weight is 1730 g/mol. The number of carboxylic acids is 3. The van der Waals surface area contributed by atoms with Crippen LogP contribution in [0.4, 0.5) is 5.69 Å². The number of rotatable bonds is 25. The van der Waals surface area contributed by atoms with E-state index in [0.29, 0.717) is 51.1 Å². The number of esters is 4. The van der Waals surface area contributed by atoms with Crippen molar-refractivity contribution in [3.8, 4) is 29.1 Å². The summed E-state index contributed by atoms with van der Waals surface area (Å²) in [6, 6.07) is 38.7. The largest absolute Gasteiger partial charge is 1.00 e. The van der Waals surface area contributed by atoms with Crippen LogP contribution in [0.1, 0.15) is 74.6 Å². The molecule has 7 unspecified atom stereocenters. The molecule has 6 aromatic carbocycles. The number of hydrogen-bond acceptors (Lipinski definition) is 27. The number of aromatic hydroxyl groups is 1. The van der Waals surface area contributed by atoms with Gasteiger partial charge >= 0.3 is 145 Å². The van der Waals surface area contributed by atoms with Gasteiger partial charge in [-0.25, -0.2) is 33.6 Å². The molecule has 0 saturated carbocycles. The van der Waals surface area contributed by atoms with Crippen molar-refractivity contribution in [1.82, 2.24) is 0 Å². The number of allylic oxidation sites excluding steroid dienone is 2. The molecule has 8 atom stereocenters. The minimum Gasteiger partial charge on any atom is -1.00 e. The van der Waals surface area contributed by atoms with Crippen LogP contribution in [0.2, 0.25) is 0 Å². The van der Waals surface area contributed by atoms with Crippen LogP contribution in [-0.2, 0) is 47.5 Å². The fourth-order valence-corrected chi connectivity index (χ4v) is 8.94. The maximum absolute atomic E-state index is 13.1. The van der Waals surface area contributed by atoms with Crippen molar-refractivity contribution < 1.29 is 269 Å². The number of alkyl halides is 1. The van der Waals surface area contributed by atoms with E-state index in [9.17, 15) is 43.5 Å². The van der Waals surface area contributed by atoms with E-state index in [2.05, 4.69) is 38.0 Å². The second kappa shape index (κ2) is 62.0. The normalized spacial score (nSPS) is 16.8. The molecule has 4 heterocycles. The predicted octanol–water partition coefficient (Wildman–Crippen LogP) is -1.88. The zero-order valence-corrected chi connectivity index (χ0v) is 70.1. The Morgan fingerprint density at radius 3 is 1.23 bits per heavy atom. The molecule has 4 aliphatic rings. The number of nitrogens with zero attached hydrogens (tertiary/aromatic N) is 2. The van der Waals surface area contributed by atoms with Crippen LogP contribution in [0.5, 0.6) is 23.0 Å². The van der Waals surface area contributed by atoms with E-state index >= 15 is 0 Å². The van der Waals surface area contributed by atoms with E-state index in [1.807, 2.05) is 6.07 Å². The van der Waals surface area contributed by atoms with E-state index in [1.165, 1.54) is 48.5 Å². The Morgan fingerprint density at radius 2 is 0.865 bits per heavy atom. The summed E-state index contributed by atoms with van der Waals surface area (Å²) in [4.78, 5) is 94.3. The molecule has 0 aromatic heterocycles. The summed E-state index contributed by atoms with van der Waals surface area (Å²) in [6.07, 6.45) is 1.80. The number of benzene rings is 6. The summed E-state index contributed by atoms with van der Waals surface area (Å²) in [6.45, 7) is 20.2. The molecule has 6 aromatic rings. The monoisotopic (exact) mass is 1730 g/mol. The van der Waals surface area contributed by atoms with Gasteiger partial charge in [0.2, 0.25) is 0 Å². The number of fused-ring (bicyclic) bond motifs is 2. The SMILES string of the molecule is C=CC(=O)OCCOc1ccc(C(=O)O)cc1.C=CC(=O)OCCOc1ccc(C(=O)[C@H]2COC3C(OC(=O)c4ccc(N=C)cc4)COC32)cc1.C=CC=C.CCO.N#Cc1ccc(C(=O)OC2COC3C(O)COC23)cc1.O.O=C(O)c1ccc(O)cc1.O=C(O)c1ccc(OCCO)cc1.OCCCl.[I-].[K+].[K+].[OH-]. The molecule has 0 amide bonds. The number of carbonyl (C=O) groups is 8. The van der Waals surface area contributed by atoms with Gasteiger partial charge < -0.3 is 128 Å². The number of nitriles is 1. The van der Waals surface area contributed by atoms with Crippen LogP contribution in [0, 0.1) is 17.2 Å². The molecule has 111 heavy (non-hydrogen) atoms. The van der Waals surface area contributed by atoms with Crippen molar-refractivity contribution in [3.63, 3.8) is 0 Å². The van der Waals surface area contributed by atoms with Crippen LogP contribution in [0.3, 0.4) is 0 Å². The first-order valence-corrected chi connectivity index (χ1v) is 32.6. The average Bonchev–Trinajstić information content (AvgIpc) is 1.64. The van der Waals surface area contributed by atoms with Gasteiger partial charge in [0.25, 0.3) is 0 Å². The van der Waals surface area contributed by atoms with Gasteiger partial charge in [0.1, 0.15) is 80.4 Å². The quantitative estimate of drug-likeness (QED) is 0.00297. The third kappa shape index (κ3) is 40.2. The number of Topliss-reactive ketones (excluding diaryl/α,β-unsaturated/α-hetero) is 1. The molecule has 31 nitrogen and oxygen atoms in total. The zero-order valence-electron chi connectivity index (χ0n) is 60.9. The number of carboxylic acid groups (broad SMARTS) is 3. The second-order valence-corrected chi connectivity index (χ2v) is 21.6. The van der Waals surface area contributed by atoms with Gasteiger partial charge in [0.15, 0.2) is 18.0 Å². The van der Waals surface area contributed by atoms with Crippen molar-refractivity contribution in [2.45, 2.75) is 49.7 Å². The van der Waals surface area contributed by atoms with Crippen LogP contribution in [0.15, 0.2) is 201 Å². The standard InChI is InChI=1S/C26H25NO8.C14H13NO5.C12H12O5.C9H10O4.C7H6O3.C4H6.C2H5ClO.C2H6O.HI.2K.2H2O/c1-3-22(28)32-13-12-31-19-10-6-16(7-11-19)23(29)20-14-33-25-21(15-34-24(20)25)35-26(30)17-4-8-18(27-2)9-5-17;15-5-8-1-3-9(4-2-8)14(17)20-11-7-19-12-10(16)6-18-13(11)12;1-2-11(13)17-8-7-16-10-5-3-9(4-6-10)12(14)15;10-5-6-13-8-3-1-7(2-4-8)9(11)12;8-6-3-1-5(2-4-6)7(9)10;1-3-4-2;3-1-2-4;1-2-3;;;;;/h3-11,20-21,24-25H,1-2,12-15H2;1-4,10-13,16H,6-7H2;2-6H,1,7-8H2,(H,14,15);1-4,10H,5-6H2,(H,11,12);1-4,8H,(H,9,10);3-4H,1-2H2;4H,1-2H2;3H,2H2,1H3;1H;;;2*1H2/q;;;;;;;;;2*+1;;/p-2/t20-,21?,24?,25?;;;;;;;;;;;;/m1............/s1. The van der Waals surface area contributed by atoms with E-state index in [1.54, 1.807) is 116 Å². The van der Waals surface area contributed by atoms with Gasteiger partial charge in [-0.3, -0.25) is 9.79 Å². The number of phenols is 1. The molecule has 4 saturated heterocycles. The predicted molar refractivity (Wildman–Crippen MR) is 389 cm³/mol. The van der Waals surface area contributed by atoms with Crippen LogP contribution in [-0.4, -0.2) is 234 Å². The summed E-state index contributed by atoms with van der Waals surface area (Å²) in [5.74, 6) is -3.55. The number of carbonyl (C=O) groups excluding carboxylic acids is 5. The van der Waals surface area contributed by atoms with Gasteiger partial charge in [-0.1, -0.05) is 38.5 Å². The van der Waals surface area contributed by atoms with E-state index < -0.39 is 90.4 Å². The summed E-state index contributed by atoms with van der Waals surface area (Å²) in [5.41, 5.74) is 2.96. The molecular formula is C76H86ClIK2N2O29. The van der Waals surface area contributed by atoms with Crippen molar-refractivity contribution >= 4 is 71.6 Å². The van der Waals surface area contributed by atoms with Crippen LogP contribution < -0.4 is 141 Å². The Balaban J connectivity index is -0.00000133. The van der Waals surface area contributed by atoms with E-state index in [-0.39, 0.29) is 245 Å². The molecule has 35 heteroatoms. The molecule has 0 bridgehead atoms. The van der Waals surface area contributed by atoms with Gasteiger partial charge in [0, 0.05) is 30.2 Å². The Hall–Kier alpha value is -7.51. The van der Waals surface area contributed by atoms with Crippen molar-refractivity contribution in [3.05, 3.63) is 235 Å². The second-order valence-electron chi connectivity index (χ2n) is 21.3. The summed E-state index contributed by atoms with van der Waals surface area (Å²) in [5, 5.41) is 76.5. The van der Waals surface area contributed by atoms with Crippen molar-refractivity contribution in [2.24, 2.45) is 10.9 Å². The Labute approximate surface area is 747 Å². The van der Waals surface area contributed by atoms with Gasteiger partial charge in [-0.05, 0) is 159 Å². The fourth-order valence-electron chi connectivity index (χ4n) is 8.94. The number of halogens is 2. The molecule has 10 rings (SSSR count). The van der Waals surface area contributed by atoms with Gasteiger partial charge in [-0.15, -0.1) is 11.6 Å². The molecule has 11 N–H and O–H groups in total. The number of hydrogen-bond donors (Lipinski definition) is 8. The molecule has 0 spiro atoms. The minimum atomic E-state index is -0.989. The molecule has 0 radical (unpaired) electrons. The summed E-state index contributed by atoms with van der Waals surface area (Å²) in [7, 11) is 0. The molecule has 0 aliphatic carbocycles. The maximum Gasteiger partial charge on any atom is 1.00 e. The third-order valence-electron chi connectivity index (χ3n) is 14.0. The molecule has 4 fully saturated rings. The number of aliphatic imine (C=N–C) groups is 1. The first kappa shape index (κ1) is 108. The Morgan fingerprint density at radius 1 is 0.523 bits per heavy atom. The Bertz CT molecular complexity index is 3810. The van der Waals surface area contributed by atoms with Crippen molar-refractivity contribution in [1.29, 1.82) is 5.26 Å². The maximum atomic E-state index is 13.1. The molecular weight excluding hydrogens is 1650 g/mol. The van der Waals surface area contributed by atoms with Crippen LogP contribution >= 0.6 is 11.6 Å². The van der Waals surface area contributed by atoms with Crippen molar-refractivity contribution in [2.75, 3.05) is 85.2 Å². The van der Waals surface area contributed by atoms with E-state index in [0.717, 1.165) is 12.2 Å². The number of aromatic carboxylic acids is 3. The first-order chi connectivity index (χ1) is 51.0. The van der Waals surface area contributed by atoms with Crippen LogP contribution in [0.25, 0.3) is 0 Å². The molecule has 4 aliphatic heterocycles. The topological polar surface area (TPSA) is 498 Å². The number of phenolic OH excluding ortho intramolecular Hbond substituents is 1. The number of ether oxygens (including phenoxy) is 11. The minimum absolute atomic E-state index is 0. The summed E-state index contributed by atoms with van der Waals surface area (Å²) < 4.78 is 58.7. The smallest absolute Gasteiger partial charge is 1.00 e.